The second-order valence-corrected chi connectivity index (χ2v) is 14.3. The second-order valence-electron chi connectivity index (χ2n) is 14.3. The molecule has 0 saturated heterocycles. The van der Waals surface area contributed by atoms with E-state index in [1.54, 1.807) is 0 Å². The lowest BCUT2D eigenvalue weighted by molar-refractivity contribution is 0.444. The number of hydrogen-bond acceptors (Lipinski definition) is 2. The molecule has 2 aliphatic heterocycles. The van der Waals surface area contributed by atoms with E-state index >= 15 is 0 Å². The van der Waals surface area contributed by atoms with Crippen LogP contribution >= 0.6 is 0 Å². The highest BCUT2D eigenvalue weighted by Crippen LogP contribution is 2.47. The number of hydrogen-bond donors (Lipinski definition) is 0. The van der Waals surface area contributed by atoms with Gasteiger partial charge in [0.05, 0.1) is 0 Å². The molecule has 3 aliphatic rings. The molecule has 0 amide bonds. The van der Waals surface area contributed by atoms with Gasteiger partial charge in [-0.05, 0) is 111 Å². The Hall–Kier alpha value is -5.80. The van der Waals surface area contributed by atoms with E-state index in [9.17, 15) is 0 Å². The molecule has 7 aromatic carbocycles. The summed E-state index contributed by atoms with van der Waals surface area (Å²) in [6.45, 7) is 0.111. The minimum absolute atomic E-state index is 0.111. The van der Waals surface area contributed by atoms with Gasteiger partial charge < -0.3 is 9.80 Å². The quantitative estimate of drug-likeness (QED) is 0.170. The van der Waals surface area contributed by atoms with Crippen molar-refractivity contribution in [2.75, 3.05) is 9.80 Å². The van der Waals surface area contributed by atoms with Gasteiger partial charge in [0.15, 0.2) is 0 Å². The molecule has 0 bridgehead atoms. The first-order chi connectivity index (χ1) is 25.3. The largest absolute Gasteiger partial charge is 0.311 e. The zero-order chi connectivity index (χ0) is 33.7. The Morgan fingerprint density at radius 3 is 1.61 bits per heavy atom. The lowest BCUT2D eigenvalue weighted by Crippen LogP contribution is -2.61. The summed E-state index contributed by atoms with van der Waals surface area (Å²) in [5, 5.41) is 0. The number of fused-ring (bicyclic) bond motifs is 4. The molecule has 0 aromatic heterocycles. The van der Waals surface area contributed by atoms with Crippen LogP contribution in [0.5, 0.6) is 0 Å². The van der Waals surface area contributed by atoms with Crippen molar-refractivity contribution in [1.29, 1.82) is 0 Å². The summed E-state index contributed by atoms with van der Waals surface area (Å²) in [5.41, 5.74) is 18.1. The maximum absolute atomic E-state index is 2.57. The van der Waals surface area contributed by atoms with E-state index in [0.717, 1.165) is 0 Å². The maximum Gasteiger partial charge on any atom is 0.252 e. The van der Waals surface area contributed by atoms with Crippen LogP contribution < -0.4 is 26.2 Å². The molecule has 0 spiro atoms. The number of rotatable bonds is 5. The van der Waals surface area contributed by atoms with Crippen LogP contribution in [0.3, 0.4) is 0 Å². The summed E-state index contributed by atoms with van der Waals surface area (Å²) in [6.07, 6.45) is 6.47. The standard InChI is InChI=1S/C48H39BN2/c1-5-17-34(18-6-1)37-32-46-48-47(33-37)51(39-23-11-4-12-24-39)45-31-36(41-26-14-13-25-40(41)35-19-7-2-8-20-35)29-30-43(45)49(48)42-27-15-16-28-44(42)50(46)38-21-9-3-10-22-38/h2-4,7-16,19-34H,1,5-6,17-18H2. The van der Waals surface area contributed by atoms with Gasteiger partial charge in [-0.2, -0.15) is 0 Å². The van der Waals surface area contributed by atoms with E-state index in [1.807, 2.05) is 0 Å². The zero-order valence-corrected chi connectivity index (χ0v) is 28.8. The highest BCUT2D eigenvalue weighted by atomic mass is 15.2. The lowest BCUT2D eigenvalue weighted by atomic mass is 9.33. The minimum atomic E-state index is 0.111. The third-order valence-corrected chi connectivity index (χ3v) is 11.4. The summed E-state index contributed by atoms with van der Waals surface area (Å²) >= 11 is 0. The minimum Gasteiger partial charge on any atom is -0.311 e. The van der Waals surface area contributed by atoms with Crippen LogP contribution in [0.4, 0.5) is 34.1 Å². The van der Waals surface area contributed by atoms with E-state index in [2.05, 4.69) is 180 Å². The molecule has 244 valence electrons. The zero-order valence-electron chi connectivity index (χ0n) is 28.8. The topological polar surface area (TPSA) is 6.48 Å². The molecular weight excluding hydrogens is 615 g/mol. The Morgan fingerprint density at radius 1 is 0.412 bits per heavy atom. The molecule has 1 fully saturated rings. The summed E-state index contributed by atoms with van der Waals surface area (Å²) in [4.78, 5) is 5.11. The predicted molar refractivity (Wildman–Crippen MR) is 217 cm³/mol. The normalized spacial score (nSPS) is 14.9. The fourth-order valence-electron chi connectivity index (χ4n) is 9.12. The van der Waals surface area contributed by atoms with Gasteiger partial charge in [0.25, 0.3) is 6.71 Å². The van der Waals surface area contributed by atoms with Gasteiger partial charge in [0.1, 0.15) is 0 Å². The SMILES string of the molecule is c1ccc(-c2ccccc2-c2ccc3c(c2)N(c2ccccc2)c2cc(C4CCCCC4)cc4c2B3c2ccccc2N4c2ccccc2)cc1. The Balaban J connectivity index is 1.27. The third-order valence-electron chi connectivity index (χ3n) is 11.4. The van der Waals surface area contributed by atoms with Gasteiger partial charge in [0.2, 0.25) is 0 Å². The fourth-order valence-corrected chi connectivity index (χ4v) is 9.12. The van der Waals surface area contributed by atoms with Crippen molar-refractivity contribution in [2.45, 2.75) is 38.0 Å². The van der Waals surface area contributed by atoms with E-state index in [4.69, 9.17) is 0 Å². The summed E-state index contributed by atoms with van der Waals surface area (Å²) < 4.78 is 0. The van der Waals surface area contributed by atoms with E-state index < -0.39 is 0 Å². The molecule has 3 heteroatoms. The number of para-hydroxylation sites is 3. The average molecular weight is 655 g/mol. The summed E-state index contributed by atoms with van der Waals surface area (Å²) in [7, 11) is 0. The van der Waals surface area contributed by atoms with Gasteiger partial charge in [-0.3, -0.25) is 0 Å². The predicted octanol–water partition coefficient (Wildman–Crippen LogP) is 11.2. The van der Waals surface area contributed by atoms with Crippen LogP contribution in [0.15, 0.2) is 170 Å². The van der Waals surface area contributed by atoms with Gasteiger partial charge in [-0.25, -0.2) is 0 Å². The van der Waals surface area contributed by atoms with Crippen LogP contribution in [0.25, 0.3) is 22.3 Å². The Labute approximate surface area is 301 Å². The molecule has 10 rings (SSSR count). The number of nitrogens with zero attached hydrogens (tertiary/aromatic N) is 2. The molecule has 2 nitrogen and oxygen atoms in total. The van der Waals surface area contributed by atoms with Crippen molar-refractivity contribution in [3.8, 4) is 22.3 Å². The first-order valence-corrected chi connectivity index (χ1v) is 18.6. The van der Waals surface area contributed by atoms with Gasteiger partial charge in [-0.15, -0.1) is 0 Å². The first-order valence-electron chi connectivity index (χ1n) is 18.6. The van der Waals surface area contributed by atoms with Crippen LogP contribution in [0.1, 0.15) is 43.6 Å². The van der Waals surface area contributed by atoms with Crippen molar-refractivity contribution in [1.82, 2.24) is 0 Å². The van der Waals surface area contributed by atoms with Crippen LogP contribution in [-0.4, -0.2) is 6.71 Å². The Kier molecular flexibility index (Phi) is 7.38. The van der Waals surface area contributed by atoms with Gasteiger partial charge >= 0.3 is 0 Å². The summed E-state index contributed by atoms with van der Waals surface area (Å²) in [6, 6.07) is 63.2. The molecule has 0 atom stereocenters. The van der Waals surface area contributed by atoms with Gasteiger partial charge in [-0.1, -0.05) is 141 Å². The highest BCUT2D eigenvalue weighted by molar-refractivity contribution is 7.00. The first kappa shape index (κ1) is 30.1. The number of anilines is 6. The molecular formula is C48H39BN2. The van der Waals surface area contributed by atoms with E-state index in [1.165, 1.54) is 110 Å². The van der Waals surface area contributed by atoms with E-state index in [0.29, 0.717) is 5.92 Å². The van der Waals surface area contributed by atoms with E-state index in [-0.39, 0.29) is 6.71 Å². The molecule has 2 heterocycles. The van der Waals surface area contributed by atoms with Crippen molar-refractivity contribution < 1.29 is 0 Å². The van der Waals surface area contributed by atoms with Gasteiger partial charge in [0, 0.05) is 34.1 Å². The number of benzene rings is 7. The van der Waals surface area contributed by atoms with Crippen LogP contribution in [0.2, 0.25) is 0 Å². The molecule has 0 unspecified atom stereocenters. The third kappa shape index (κ3) is 5.02. The molecule has 0 radical (unpaired) electrons. The highest BCUT2D eigenvalue weighted by Gasteiger charge is 2.43. The molecule has 1 aliphatic carbocycles. The van der Waals surface area contributed by atoms with Crippen LogP contribution in [-0.2, 0) is 0 Å². The van der Waals surface area contributed by atoms with Crippen molar-refractivity contribution in [3.05, 3.63) is 175 Å². The maximum atomic E-state index is 2.57. The molecule has 0 N–H and O–H groups in total. The monoisotopic (exact) mass is 654 g/mol. The Morgan fingerprint density at radius 2 is 0.941 bits per heavy atom. The summed E-state index contributed by atoms with van der Waals surface area (Å²) in [5.74, 6) is 0.566. The fraction of sp³-hybridized carbons (Fsp3) is 0.125. The molecule has 1 saturated carbocycles. The smallest absolute Gasteiger partial charge is 0.252 e. The van der Waals surface area contributed by atoms with Crippen molar-refractivity contribution in [3.63, 3.8) is 0 Å². The second kappa shape index (κ2) is 12.5. The van der Waals surface area contributed by atoms with Crippen molar-refractivity contribution >= 4 is 57.2 Å². The lowest BCUT2D eigenvalue weighted by Gasteiger charge is -2.45. The molecule has 7 aromatic rings. The average Bonchev–Trinajstić information content (AvgIpc) is 3.21. The van der Waals surface area contributed by atoms with Crippen LogP contribution in [0, 0.1) is 0 Å². The Bertz CT molecular complexity index is 2360. The van der Waals surface area contributed by atoms with Crippen molar-refractivity contribution in [2.24, 2.45) is 0 Å². The molecule has 51 heavy (non-hydrogen) atoms.